The highest BCUT2D eigenvalue weighted by Crippen LogP contribution is 2.43. The van der Waals surface area contributed by atoms with E-state index in [2.05, 4.69) is 0 Å². The Bertz CT molecular complexity index is 538. The van der Waals surface area contributed by atoms with Crippen LogP contribution in [0.5, 0.6) is 0 Å². The Morgan fingerprint density at radius 1 is 1.32 bits per heavy atom. The lowest BCUT2D eigenvalue weighted by molar-refractivity contribution is -0.128. The second kappa shape index (κ2) is 8.11. The van der Waals surface area contributed by atoms with E-state index in [1.807, 2.05) is 26.8 Å². The topological polar surface area (TPSA) is 87.1 Å². The van der Waals surface area contributed by atoms with E-state index < -0.39 is 6.10 Å². The fourth-order valence-corrected chi connectivity index (χ4v) is 3.60. The number of hydrogen-bond acceptors (Lipinski definition) is 5. The van der Waals surface area contributed by atoms with Crippen LogP contribution >= 0.6 is 0 Å². The molecule has 1 saturated heterocycles. The Morgan fingerprint density at radius 3 is 2.60 bits per heavy atom. The zero-order valence-electron chi connectivity index (χ0n) is 15.8. The van der Waals surface area contributed by atoms with Crippen LogP contribution in [0.25, 0.3) is 0 Å². The molecule has 0 bridgehead atoms. The summed E-state index contributed by atoms with van der Waals surface area (Å²) in [5.41, 5.74) is 0.300. The van der Waals surface area contributed by atoms with Crippen LogP contribution in [-0.2, 0) is 14.3 Å². The molecule has 2 aliphatic rings. The largest absolute Gasteiger partial charge is 0.396 e. The van der Waals surface area contributed by atoms with Gasteiger partial charge in [-0.2, -0.15) is 0 Å². The van der Waals surface area contributed by atoms with Crippen molar-refractivity contribution in [1.29, 1.82) is 0 Å². The van der Waals surface area contributed by atoms with Crippen molar-refractivity contribution < 1.29 is 24.5 Å². The molecule has 3 unspecified atom stereocenters. The molecule has 2 N–H and O–H groups in total. The molecule has 5 atom stereocenters. The molecular formula is C20H32O5. The van der Waals surface area contributed by atoms with E-state index in [9.17, 15) is 19.8 Å². The van der Waals surface area contributed by atoms with Gasteiger partial charge in [0.05, 0.1) is 12.2 Å². The van der Waals surface area contributed by atoms with Crippen LogP contribution in [0.2, 0.25) is 0 Å². The van der Waals surface area contributed by atoms with Gasteiger partial charge in [0, 0.05) is 12.3 Å². The van der Waals surface area contributed by atoms with E-state index in [1.165, 1.54) is 0 Å². The summed E-state index contributed by atoms with van der Waals surface area (Å²) in [6.07, 6.45) is 3.63. The highest BCUT2D eigenvalue weighted by atomic mass is 16.6. The summed E-state index contributed by atoms with van der Waals surface area (Å²) < 4.78 is 5.81. The van der Waals surface area contributed by atoms with Crippen LogP contribution in [0.1, 0.15) is 59.8 Å². The first-order valence-electron chi connectivity index (χ1n) is 9.45. The Morgan fingerprint density at radius 2 is 2.00 bits per heavy atom. The smallest absolute Gasteiger partial charge is 0.187 e. The average molecular weight is 352 g/mol. The van der Waals surface area contributed by atoms with Crippen LogP contribution in [0.4, 0.5) is 0 Å². The standard InChI is InChI=1S/C20H32O5/c1-12(2)15-10-17-20(4,25-17)9-5-6-14(11-21)16(22)8-7-13(3)18(23)19(15)24/h10,12-14,17-18,21,23H,5-9,11H2,1-4H3/b15-10+/t13?,14?,17-,18?,20+/m0/s1. The van der Waals surface area contributed by atoms with E-state index in [4.69, 9.17) is 4.74 Å². The van der Waals surface area contributed by atoms with Crippen LogP contribution < -0.4 is 0 Å². The zero-order valence-corrected chi connectivity index (χ0v) is 15.8. The third kappa shape index (κ3) is 4.78. The number of rotatable bonds is 2. The number of aliphatic hydroxyl groups is 2. The summed E-state index contributed by atoms with van der Waals surface area (Å²) in [5.74, 6) is -0.887. The van der Waals surface area contributed by atoms with Gasteiger partial charge in [-0.25, -0.2) is 0 Å². The molecule has 1 aliphatic carbocycles. The lowest BCUT2D eigenvalue weighted by Gasteiger charge is -2.22. The molecule has 0 radical (unpaired) electrons. The monoisotopic (exact) mass is 352 g/mol. The SMILES string of the molecule is CC(C)/C1=C\[C@@H]2O[C@]2(C)CCCC(CO)C(=O)CCC(C)C(O)C1=O. The van der Waals surface area contributed by atoms with Gasteiger partial charge in [0.25, 0.3) is 0 Å². The van der Waals surface area contributed by atoms with Crippen LogP contribution in [-0.4, -0.2) is 46.2 Å². The molecule has 0 aromatic carbocycles. The molecule has 5 nitrogen and oxygen atoms in total. The Labute approximate surface area is 150 Å². The minimum Gasteiger partial charge on any atom is -0.396 e. The first kappa shape index (κ1) is 20.3. The van der Waals surface area contributed by atoms with Crippen molar-refractivity contribution in [2.75, 3.05) is 6.61 Å². The third-order valence-corrected chi connectivity index (χ3v) is 5.73. The molecule has 0 aromatic heterocycles. The van der Waals surface area contributed by atoms with Gasteiger partial charge < -0.3 is 14.9 Å². The quantitative estimate of drug-likeness (QED) is 0.745. The number of Topliss-reactive ketones (excluding diaryl/α,β-unsaturated/α-hetero) is 2. The molecule has 142 valence electrons. The van der Waals surface area contributed by atoms with Gasteiger partial charge in [-0.05, 0) is 56.1 Å². The molecule has 0 spiro atoms. The molecule has 0 aromatic rings. The van der Waals surface area contributed by atoms with E-state index >= 15 is 0 Å². The maximum atomic E-state index is 12.7. The van der Waals surface area contributed by atoms with Crippen molar-refractivity contribution in [2.24, 2.45) is 17.8 Å². The summed E-state index contributed by atoms with van der Waals surface area (Å²) in [4.78, 5) is 25.1. The van der Waals surface area contributed by atoms with Gasteiger partial charge in [-0.3, -0.25) is 9.59 Å². The summed E-state index contributed by atoms with van der Waals surface area (Å²) in [7, 11) is 0. The van der Waals surface area contributed by atoms with Gasteiger partial charge in [-0.15, -0.1) is 0 Å². The molecule has 25 heavy (non-hydrogen) atoms. The highest BCUT2D eigenvalue weighted by molar-refractivity contribution is 5.99. The lowest BCUT2D eigenvalue weighted by atomic mass is 9.84. The van der Waals surface area contributed by atoms with E-state index in [-0.39, 0.29) is 54.1 Å². The van der Waals surface area contributed by atoms with Crippen molar-refractivity contribution in [3.63, 3.8) is 0 Å². The van der Waals surface area contributed by atoms with Gasteiger partial charge in [0.2, 0.25) is 0 Å². The summed E-state index contributed by atoms with van der Waals surface area (Å²) in [5, 5.41) is 20.0. The van der Waals surface area contributed by atoms with Crippen LogP contribution in [0, 0.1) is 17.8 Å². The normalized spacial score (nSPS) is 40.2. The number of fused-ring (bicyclic) bond motifs is 1. The number of ether oxygens (including phenoxy) is 1. The molecule has 0 amide bonds. The fraction of sp³-hybridized carbons (Fsp3) is 0.800. The van der Waals surface area contributed by atoms with Crippen molar-refractivity contribution in [3.8, 4) is 0 Å². The number of carbonyl (C=O) groups excluding carboxylic acids is 2. The highest BCUT2D eigenvalue weighted by Gasteiger charge is 2.50. The van der Waals surface area contributed by atoms with Crippen molar-refractivity contribution >= 4 is 11.6 Å². The summed E-state index contributed by atoms with van der Waals surface area (Å²) in [6.45, 7) is 7.55. The first-order chi connectivity index (χ1) is 11.7. The molecule has 2 rings (SSSR count). The minimum absolute atomic E-state index is 0.0103. The summed E-state index contributed by atoms with van der Waals surface area (Å²) in [6, 6.07) is 0. The van der Waals surface area contributed by atoms with Crippen molar-refractivity contribution in [3.05, 3.63) is 11.6 Å². The predicted octanol–water partition coefficient (Wildman–Crippen LogP) is 2.43. The maximum absolute atomic E-state index is 12.7. The zero-order chi connectivity index (χ0) is 18.8. The van der Waals surface area contributed by atoms with Gasteiger partial charge in [0.15, 0.2) is 5.78 Å². The number of epoxide rings is 1. The maximum Gasteiger partial charge on any atom is 0.187 e. The van der Waals surface area contributed by atoms with Crippen molar-refractivity contribution in [1.82, 2.24) is 0 Å². The fourth-order valence-electron chi connectivity index (χ4n) is 3.60. The minimum atomic E-state index is -1.11. The van der Waals surface area contributed by atoms with Gasteiger partial charge in [-0.1, -0.05) is 20.8 Å². The second-order valence-corrected chi connectivity index (χ2v) is 8.19. The van der Waals surface area contributed by atoms with Crippen LogP contribution in [0.3, 0.4) is 0 Å². The number of ketones is 2. The molecule has 0 saturated carbocycles. The Hall–Kier alpha value is -1.04. The Kier molecular flexibility index (Phi) is 6.57. The summed E-state index contributed by atoms with van der Waals surface area (Å²) >= 11 is 0. The number of hydrogen-bond donors (Lipinski definition) is 2. The average Bonchev–Trinajstić information content (AvgIpc) is 3.21. The molecular weight excluding hydrogens is 320 g/mol. The second-order valence-electron chi connectivity index (χ2n) is 8.19. The Balaban J connectivity index is 2.24. The van der Waals surface area contributed by atoms with Crippen molar-refractivity contribution in [2.45, 2.75) is 77.6 Å². The first-order valence-corrected chi connectivity index (χ1v) is 9.45. The van der Waals surface area contributed by atoms with Crippen LogP contribution in [0.15, 0.2) is 11.6 Å². The number of carbonyl (C=O) groups is 2. The third-order valence-electron chi connectivity index (χ3n) is 5.73. The van der Waals surface area contributed by atoms with E-state index in [0.29, 0.717) is 18.4 Å². The van der Waals surface area contributed by atoms with Gasteiger partial charge in [0.1, 0.15) is 18.0 Å². The lowest BCUT2D eigenvalue weighted by Crippen LogP contribution is -2.32. The van der Waals surface area contributed by atoms with E-state index in [1.54, 1.807) is 6.92 Å². The predicted molar refractivity (Wildman–Crippen MR) is 95.0 cm³/mol. The van der Waals surface area contributed by atoms with E-state index in [0.717, 1.165) is 12.8 Å². The van der Waals surface area contributed by atoms with Gasteiger partial charge >= 0.3 is 0 Å². The molecule has 1 aliphatic heterocycles. The molecule has 1 heterocycles. The number of aliphatic hydroxyl groups excluding tert-OH is 2. The molecule has 1 fully saturated rings. The molecule has 5 heteroatoms.